The van der Waals surface area contributed by atoms with Gasteiger partial charge in [0.15, 0.2) is 0 Å². The summed E-state index contributed by atoms with van der Waals surface area (Å²) in [5.74, 6) is 0. The Morgan fingerprint density at radius 1 is 1.29 bits per heavy atom. The lowest BCUT2D eigenvalue weighted by Gasteiger charge is -2.27. The molecule has 1 saturated heterocycles. The molecule has 0 aromatic heterocycles. The molecule has 1 aliphatic rings. The minimum Gasteiger partial charge on any atom is -0.379 e. The molecule has 2 N–H and O–H groups in total. The van der Waals surface area contributed by atoms with E-state index < -0.39 is 16.1 Å². The Labute approximate surface area is 124 Å². The van der Waals surface area contributed by atoms with Gasteiger partial charge >= 0.3 is 6.03 Å². The molecule has 1 aromatic carbocycles. The number of aryl methyl sites for hydroxylation is 1. The van der Waals surface area contributed by atoms with Crippen LogP contribution < -0.4 is 10.6 Å². The Balaban J connectivity index is 2.40. The lowest BCUT2D eigenvalue weighted by Crippen LogP contribution is -2.41. The van der Waals surface area contributed by atoms with E-state index in [2.05, 4.69) is 10.6 Å². The van der Waals surface area contributed by atoms with Crippen LogP contribution in [0.2, 0.25) is 0 Å². The van der Waals surface area contributed by atoms with E-state index in [9.17, 15) is 13.2 Å². The molecular formula is C13H19N3O4S. The number of nitrogens with zero attached hydrogens (tertiary/aromatic N) is 1. The minimum atomic E-state index is -3.66. The maximum Gasteiger partial charge on any atom is 0.319 e. The fourth-order valence-corrected chi connectivity index (χ4v) is 3.70. The van der Waals surface area contributed by atoms with Crippen LogP contribution in [0.4, 0.5) is 10.5 Å². The molecule has 7 nitrogen and oxygen atoms in total. The van der Waals surface area contributed by atoms with Crippen molar-refractivity contribution in [3.63, 3.8) is 0 Å². The van der Waals surface area contributed by atoms with Crippen molar-refractivity contribution in [3.8, 4) is 0 Å². The van der Waals surface area contributed by atoms with Gasteiger partial charge in [-0.25, -0.2) is 13.2 Å². The standard InChI is InChI=1S/C13H19N3O4S/c1-10-3-4-11(15-13(17)14-2)12(9-10)21(18,19)16-5-7-20-8-6-16/h3-4,9H,5-8H2,1-2H3,(H2,14,15,17). The van der Waals surface area contributed by atoms with Crippen molar-refractivity contribution in [2.24, 2.45) is 0 Å². The lowest BCUT2D eigenvalue weighted by atomic mass is 10.2. The maximum absolute atomic E-state index is 12.7. The van der Waals surface area contributed by atoms with Crippen molar-refractivity contribution in [3.05, 3.63) is 23.8 Å². The minimum absolute atomic E-state index is 0.105. The number of amides is 2. The number of rotatable bonds is 3. The number of benzene rings is 1. The van der Waals surface area contributed by atoms with Crippen LogP contribution >= 0.6 is 0 Å². The molecule has 1 fully saturated rings. The molecular weight excluding hydrogens is 294 g/mol. The quantitative estimate of drug-likeness (QED) is 0.863. The number of hydrogen-bond donors (Lipinski definition) is 2. The highest BCUT2D eigenvalue weighted by Gasteiger charge is 2.29. The van der Waals surface area contributed by atoms with Gasteiger partial charge < -0.3 is 15.4 Å². The Morgan fingerprint density at radius 3 is 2.57 bits per heavy atom. The number of sulfonamides is 1. The summed E-state index contributed by atoms with van der Waals surface area (Å²) in [6.07, 6.45) is 0. The number of anilines is 1. The fourth-order valence-electron chi connectivity index (χ4n) is 2.06. The molecule has 0 bridgehead atoms. The molecule has 0 aliphatic carbocycles. The zero-order valence-electron chi connectivity index (χ0n) is 12.0. The van der Waals surface area contributed by atoms with Crippen LogP contribution in [0.3, 0.4) is 0 Å². The first kappa shape index (κ1) is 15.7. The van der Waals surface area contributed by atoms with Gasteiger partial charge in [0.25, 0.3) is 0 Å². The van der Waals surface area contributed by atoms with Crippen molar-refractivity contribution in [1.29, 1.82) is 0 Å². The monoisotopic (exact) mass is 313 g/mol. The molecule has 8 heteroatoms. The largest absolute Gasteiger partial charge is 0.379 e. The zero-order valence-corrected chi connectivity index (χ0v) is 12.9. The van der Waals surface area contributed by atoms with E-state index >= 15 is 0 Å². The van der Waals surface area contributed by atoms with Gasteiger partial charge in [-0.15, -0.1) is 0 Å². The Bertz CT molecular complexity index is 624. The third-order valence-electron chi connectivity index (χ3n) is 3.20. The van der Waals surface area contributed by atoms with E-state index in [0.29, 0.717) is 26.3 Å². The van der Waals surface area contributed by atoms with Gasteiger partial charge in [-0.3, -0.25) is 0 Å². The van der Waals surface area contributed by atoms with Crippen LogP contribution in [-0.2, 0) is 14.8 Å². The topological polar surface area (TPSA) is 87.7 Å². The molecule has 1 heterocycles. The van der Waals surface area contributed by atoms with E-state index in [0.717, 1.165) is 5.56 Å². The van der Waals surface area contributed by atoms with Crippen LogP contribution in [0.1, 0.15) is 5.56 Å². The normalized spacial score (nSPS) is 16.5. The van der Waals surface area contributed by atoms with E-state index in [1.165, 1.54) is 11.4 Å². The number of carbonyl (C=O) groups is 1. The van der Waals surface area contributed by atoms with Crippen LogP contribution in [0.25, 0.3) is 0 Å². The summed E-state index contributed by atoms with van der Waals surface area (Å²) >= 11 is 0. The van der Waals surface area contributed by atoms with Gasteiger partial charge in [-0.1, -0.05) is 6.07 Å². The predicted octanol–water partition coefficient (Wildman–Crippen LogP) is 0.767. The number of nitrogens with one attached hydrogen (secondary N) is 2. The van der Waals surface area contributed by atoms with Gasteiger partial charge in [0.2, 0.25) is 10.0 Å². The van der Waals surface area contributed by atoms with Crippen molar-refractivity contribution < 1.29 is 17.9 Å². The van der Waals surface area contributed by atoms with E-state index in [1.54, 1.807) is 18.2 Å². The molecule has 0 radical (unpaired) electrons. The number of carbonyl (C=O) groups excluding carboxylic acids is 1. The number of urea groups is 1. The summed E-state index contributed by atoms with van der Waals surface area (Å²) in [5, 5.41) is 4.95. The summed E-state index contributed by atoms with van der Waals surface area (Å²) in [5.41, 5.74) is 1.08. The van der Waals surface area contributed by atoms with E-state index in [-0.39, 0.29) is 10.6 Å². The second-order valence-electron chi connectivity index (χ2n) is 4.72. The molecule has 21 heavy (non-hydrogen) atoms. The third-order valence-corrected chi connectivity index (χ3v) is 5.14. The summed E-state index contributed by atoms with van der Waals surface area (Å²) in [6.45, 7) is 3.19. The fraction of sp³-hybridized carbons (Fsp3) is 0.462. The van der Waals surface area contributed by atoms with Crippen LogP contribution in [-0.4, -0.2) is 52.1 Å². The summed E-state index contributed by atoms with van der Waals surface area (Å²) in [4.78, 5) is 11.6. The van der Waals surface area contributed by atoms with E-state index in [1.807, 2.05) is 6.92 Å². The molecule has 2 amide bonds. The van der Waals surface area contributed by atoms with Gasteiger partial charge in [0.05, 0.1) is 18.9 Å². The highest BCUT2D eigenvalue weighted by atomic mass is 32.2. The summed E-state index contributed by atoms with van der Waals surface area (Å²) in [6, 6.07) is 4.45. The third kappa shape index (κ3) is 3.52. The number of morpholine rings is 1. The van der Waals surface area contributed by atoms with Crippen LogP contribution in [0, 0.1) is 6.92 Å². The average Bonchev–Trinajstić information content (AvgIpc) is 2.49. The maximum atomic E-state index is 12.7. The van der Waals surface area contributed by atoms with Crippen molar-refractivity contribution in [2.45, 2.75) is 11.8 Å². The smallest absolute Gasteiger partial charge is 0.319 e. The second kappa shape index (κ2) is 6.42. The molecule has 1 aromatic rings. The molecule has 1 aliphatic heterocycles. The number of ether oxygens (including phenoxy) is 1. The van der Waals surface area contributed by atoms with Gasteiger partial charge in [0, 0.05) is 20.1 Å². The second-order valence-corrected chi connectivity index (χ2v) is 6.63. The van der Waals surface area contributed by atoms with Gasteiger partial charge in [-0.2, -0.15) is 4.31 Å². The Hall–Kier alpha value is -1.64. The Morgan fingerprint density at radius 2 is 1.95 bits per heavy atom. The Kier molecular flexibility index (Phi) is 4.81. The first-order valence-corrected chi connectivity index (χ1v) is 8.06. The van der Waals surface area contributed by atoms with Crippen LogP contribution in [0.5, 0.6) is 0 Å². The predicted molar refractivity (Wildman–Crippen MR) is 78.8 cm³/mol. The van der Waals surface area contributed by atoms with Gasteiger partial charge in [-0.05, 0) is 24.6 Å². The van der Waals surface area contributed by atoms with Crippen molar-refractivity contribution in [2.75, 3.05) is 38.7 Å². The molecule has 0 spiro atoms. The van der Waals surface area contributed by atoms with E-state index in [4.69, 9.17) is 4.74 Å². The lowest BCUT2D eigenvalue weighted by molar-refractivity contribution is 0.0730. The highest BCUT2D eigenvalue weighted by Crippen LogP contribution is 2.26. The first-order valence-electron chi connectivity index (χ1n) is 6.62. The molecule has 0 unspecified atom stereocenters. The molecule has 0 atom stereocenters. The number of hydrogen-bond acceptors (Lipinski definition) is 4. The molecule has 116 valence electrons. The van der Waals surface area contributed by atoms with Crippen LogP contribution in [0.15, 0.2) is 23.1 Å². The summed E-state index contributed by atoms with van der Waals surface area (Å²) < 4.78 is 32.0. The van der Waals surface area contributed by atoms with Gasteiger partial charge in [0.1, 0.15) is 4.90 Å². The van der Waals surface area contributed by atoms with Crippen molar-refractivity contribution in [1.82, 2.24) is 9.62 Å². The average molecular weight is 313 g/mol. The molecule has 2 rings (SSSR count). The highest BCUT2D eigenvalue weighted by molar-refractivity contribution is 7.89. The zero-order chi connectivity index (χ0) is 15.5. The first-order chi connectivity index (χ1) is 9.95. The SMILES string of the molecule is CNC(=O)Nc1ccc(C)cc1S(=O)(=O)N1CCOCC1. The summed E-state index contributed by atoms with van der Waals surface area (Å²) in [7, 11) is -2.19. The molecule has 0 saturated carbocycles. The van der Waals surface area contributed by atoms with Crippen molar-refractivity contribution >= 4 is 21.7 Å².